The lowest BCUT2D eigenvalue weighted by molar-refractivity contribution is -0.215. The molecule has 1 amide bonds. The number of carbonyl (C=O) groups is 2. The van der Waals surface area contributed by atoms with Crippen LogP contribution in [0.25, 0.3) is 0 Å². The van der Waals surface area contributed by atoms with Gasteiger partial charge >= 0.3 is 11.7 Å². The number of hydrogen-bond acceptors (Lipinski definition) is 11. The van der Waals surface area contributed by atoms with Crippen LogP contribution in [0, 0.1) is 0 Å². The lowest BCUT2D eigenvalue weighted by Crippen LogP contribution is -2.58. The van der Waals surface area contributed by atoms with Crippen molar-refractivity contribution in [3.05, 3.63) is 44.9 Å². The topological polar surface area (TPSA) is 210 Å². The lowest BCUT2D eigenvalue weighted by atomic mass is 9.98. The maximum Gasteiger partial charge on any atom is 0.352 e. The van der Waals surface area contributed by atoms with Gasteiger partial charge in [0.05, 0.1) is 18.3 Å². The Hall–Kier alpha value is -2.92. The SMILES string of the molecule is CN1C(=O)C(C(O[C@H]2C[C@H](O)[C@@H](CN)O2)[C@H]2O[C@@H](n3ccc(=O)[nH]c3=O)C[C@@H]2O)N(C)CC=C1C(=O)O. The van der Waals surface area contributed by atoms with Crippen LogP contribution in [-0.4, -0.2) is 117 Å². The lowest BCUT2D eigenvalue weighted by Gasteiger charge is -2.38. The average molecular weight is 526 g/mol. The van der Waals surface area contributed by atoms with Gasteiger partial charge in [0.2, 0.25) is 5.91 Å². The Bertz CT molecular complexity index is 1170. The molecule has 0 aliphatic carbocycles. The molecule has 2 unspecified atom stereocenters. The highest BCUT2D eigenvalue weighted by atomic mass is 16.7. The second-order valence-electron chi connectivity index (χ2n) is 9.30. The number of carboxylic acid groups (broad SMARTS) is 1. The number of aliphatic hydroxyl groups excluding tert-OH is 2. The van der Waals surface area contributed by atoms with Crippen molar-refractivity contribution in [1.29, 1.82) is 0 Å². The van der Waals surface area contributed by atoms with Crippen LogP contribution >= 0.6 is 0 Å². The van der Waals surface area contributed by atoms with Crippen molar-refractivity contribution in [3.8, 4) is 0 Å². The van der Waals surface area contributed by atoms with Crippen LogP contribution in [0.1, 0.15) is 19.1 Å². The summed E-state index contributed by atoms with van der Waals surface area (Å²) in [6.45, 7) is 0.0930. The van der Waals surface area contributed by atoms with E-state index in [9.17, 15) is 34.5 Å². The van der Waals surface area contributed by atoms with Crippen LogP contribution in [0.3, 0.4) is 0 Å². The molecule has 37 heavy (non-hydrogen) atoms. The van der Waals surface area contributed by atoms with Crippen LogP contribution in [0.4, 0.5) is 0 Å². The molecule has 2 saturated heterocycles. The molecule has 15 nitrogen and oxygen atoms in total. The first-order valence-corrected chi connectivity index (χ1v) is 11.8. The molecule has 4 rings (SSSR count). The number of hydrogen-bond donors (Lipinski definition) is 5. The Kier molecular flexibility index (Phi) is 7.94. The van der Waals surface area contributed by atoms with Gasteiger partial charge in [-0.1, -0.05) is 0 Å². The Morgan fingerprint density at radius 1 is 1.22 bits per heavy atom. The molecule has 0 bridgehead atoms. The van der Waals surface area contributed by atoms with Crippen molar-refractivity contribution >= 4 is 11.9 Å². The van der Waals surface area contributed by atoms with Crippen molar-refractivity contribution in [2.45, 2.75) is 61.9 Å². The number of nitrogens with two attached hydrogens (primary N) is 1. The van der Waals surface area contributed by atoms with E-state index in [0.29, 0.717) is 0 Å². The molecular weight excluding hydrogens is 494 g/mol. The van der Waals surface area contributed by atoms with Crippen LogP contribution in [0.15, 0.2) is 33.6 Å². The number of aromatic amines is 1. The van der Waals surface area contributed by atoms with Gasteiger partial charge in [-0.15, -0.1) is 0 Å². The standard InChI is InChI=1S/C22H31N5O10/c1-25-5-3-10(21(32)33)26(2)20(31)17(25)19(37-16-8-11(28)13(9-23)35-16)18-12(29)7-15(36-18)27-6-4-14(30)24-22(27)34/h3-4,6,11-13,15-19,28-29H,5,7-9,23H2,1-2H3,(H,32,33)(H,24,30,34)/t11-,12-,13+,15+,16-,17?,18-,19?/m0/s1. The second kappa shape index (κ2) is 10.8. The number of nitrogens with zero attached hydrogens (tertiary/aromatic N) is 3. The molecular formula is C22H31N5O10. The largest absolute Gasteiger partial charge is 0.477 e. The zero-order valence-corrected chi connectivity index (χ0v) is 20.3. The quantitative estimate of drug-likeness (QED) is 0.238. The van der Waals surface area contributed by atoms with E-state index in [1.165, 1.54) is 19.3 Å². The van der Waals surface area contributed by atoms with E-state index in [1.54, 1.807) is 11.9 Å². The third-order valence-corrected chi connectivity index (χ3v) is 6.88. The predicted octanol–water partition coefficient (Wildman–Crippen LogP) is -3.25. The van der Waals surface area contributed by atoms with Gasteiger partial charge in [-0.2, -0.15) is 0 Å². The highest BCUT2D eigenvalue weighted by Crippen LogP contribution is 2.35. The fourth-order valence-corrected chi connectivity index (χ4v) is 4.90. The number of H-pyrrole nitrogens is 1. The number of ether oxygens (including phenoxy) is 3. The van der Waals surface area contributed by atoms with Crippen LogP contribution in [0.2, 0.25) is 0 Å². The monoisotopic (exact) mass is 525 g/mol. The van der Waals surface area contributed by atoms with E-state index >= 15 is 0 Å². The molecule has 3 aliphatic heterocycles. The van der Waals surface area contributed by atoms with E-state index in [2.05, 4.69) is 4.98 Å². The normalized spacial score (nSPS) is 33.9. The predicted molar refractivity (Wildman–Crippen MR) is 124 cm³/mol. The van der Waals surface area contributed by atoms with Crippen LogP contribution in [-0.2, 0) is 23.8 Å². The van der Waals surface area contributed by atoms with Gasteiger partial charge in [0.25, 0.3) is 5.56 Å². The van der Waals surface area contributed by atoms with E-state index in [0.717, 1.165) is 15.5 Å². The van der Waals surface area contributed by atoms with E-state index in [4.69, 9.17) is 19.9 Å². The van der Waals surface area contributed by atoms with Crippen molar-refractivity contribution in [1.82, 2.24) is 19.4 Å². The molecule has 204 valence electrons. The second-order valence-corrected chi connectivity index (χ2v) is 9.30. The Morgan fingerprint density at radius 3 is 2.57 bits per heavy atom. The molecule has 15 heteroatoms. The average Bonchev–Trinajstić information content (AvgIpc) is 3.36. The smallest absolute Gasteiger partial charge is 0.352 e. The number of aliphatic carboxylic acids is 1. The molecule has 1 aromatic rings. The van der Waals surface area contributed by atoms with E-state index in [1.807, 2.05) is 0 Å². The fraction of sp³-hybridized carbons (Fsp3) is 0.636. The Morgan fingerprint density at radius 2 is 1.95 bits per heavy atom. The summed E-state index contributed by atoms with van der Waals surface area (Å²) < 4.78 is 19.0. The summed E-state index contributed by atoms with van der Waals surface area (Å²) in [7, 11) is 2.91. The summed E-state index contributed by atoms with van der Waals surface area (Å²) in [6, 6.07) is -0.00277. The van der Waals surface area contributed by atoms with Crippen molar-refractivity contribution in [2.75, 3.05) is 27.2 Å². The van der Waals surface area contributed by atoms with E-state index < -0.39 is 72.2 Å². The van der Waals surface area contributed by atoms with Crippen molar-refractivity contribution in [2.24, 2.45) is 5.73 Å². The summed E-state index contributed by atoms with van der Waals surface area (Å²) in [4.78, 5) is 53.7. The third-order valence-electron chi connectivity index (χ3n) is 6.88. The first kappa shape index (κ1) is 27.1. The van der Waals surface area contributed by atoms with Gasteiger partial charge in [0.15, 0.2) is 6.29 Å². The first-order chi connectivity index (χ1) is 17.5. The number of nitrogens with one attached hydrogen (secondary N) is 1. The van der Waals surface area contributed by atoms with Gasteiger partial charge in [0.1, 0.15) is 30.2 Å². The molecule has 6 N–H and O–H groups in total. The molecule has 0 radical (unpaired) electrons. The summed E-state index contributed by atoms with van der Waals surface area (Å²) in [5.74, 6) is -1.92. The number of aromatic nitrogens is 2. The van der Waals surface area contributed by atoms with Crippen LogP contribution < -0.4 is 17.0 Å². The molecule has 4 heterocycles. The number of amides is 1. The van der Waals surface area contributed by atoms with Gasteiger partial charge in [0, 0.05) is 45.2 Å². The minimum atomic E-state index is -1.29. The maximum absolute atomic E-state index is 13.5. The molecule has 0 spiro atoms. The van der Waals surface area contributed by atoms with Gasteiger partial charge in [-0.05, 0) is 13.1 Å². The van der Waals surface area contributed by atoms with Gasteiger partial charge in [-0.3, -0.25) is 24.0 Å². The summed E-state index contributed by atoms with van der Waals surface area (Å²) in [6.07, 6.45) is -4.59. The zero-order valence-electron chi connectivity index (χ0n) is 20.3. The molecule has 8 atom stereocenters. The molecule has 3 aliphatic rings. The Balaban J connectivity index is 1.67. The summed E-state index contributed by atoms with van der Waals surface area (Å²) in [5, 5.41) is 30.8. The number of carbonyl (C=O) groups excluding carboxylic acids is 1. The highest BCUT2D eigenvalue weighted by molar-refractivity contribution is 5.95. The number of rotatable bonds is 7. The number of aliphatic hydroxyl groups is 2. The number of carboxylic acids is 1. The highest BCUT2D eigenvalue weighted by Gasteiger charge is 2.50. The molecule has 0 aromatic carbocycles. The maximum atomic E-state index is 13.5. The number of likely N-dealkylation sites (N-methyl/N-ethyl adjacent to an activating group) is 2. The fourth-order valence-electron chi connectivity index (χ4n) is 4.90. The third kappa shape index (κ3) is 5.38. The first-order valence-electron chi connectivity index (χ1n) is 11.8. The summed E-state index contributed by atoms with van der Waals surface area (Å²) in [5.41, 5.74) is 4.08. The minimum absolute atomic E-state index is 0.0301. The van der Waals surface area contributed by atoms with Crippen LogP contribution in [0.5, 0.6) is 0 Å². The Labute approximate surface area is 210 Å². The summed E-state index contributed by atoms with van der Waals surface area (Å²) >= 11 is 0. The minimum Gasteiger partial charge on any atom is -0.477 e. The molecule has 1 aromatic heterocycles. The van der Waals surface area contributed by atoms with E-state index in [-0.39, 0.29) is 31.6 Å². The molecule has 0 saturated carbocycles. The van der Waals surface area contributed by atoms with Gasteiger partial charge < -0.3 is 40.2 Å². The molecule has 2 fully saturated rings. The van der Waals surface area contributed by atoms with Crippen molar-refractivity contribution < 1.29 is 39.1 Å². The van der Waals surface area contributed by atoms with Gasteiger partial charge in [-0.25, -0.2) is 9.59 Å². The zero-order chi connectivity index (χ0) is 27.0. The van der Waals surface area contributed by atoms with Crippen molar-refractivity contribution in [3.63, 3.8) is 0 Å².